The van der Waals surface area contributed by atoms with E-state index in [0.29, 0.717) is 37.1 Å². The maximum absolute atomic E-state index is 12.3. The Morgan fingerprint density at radius 3 is 1.53 bits per heavy atom. The Balaban J connectivity index is 1.05. The predicted molar refractivity (Wildman–Crippen MR) is 142 cm³/mol. The fourth-order valence-corrected chi connectivity index (χ4v) is 3.84. The van der Waals surface area contributed by atoms with Crippen molar-refractivity contribution in [2.24, 2.45) is 0 Å². The van der Waals surface area contributed by atoms with Gasteiger partial charge in [-0.25, -0.2) is 9.59 Å². The third-order valence-electron chi connectivity index (χ3n) is 5.73. The smallest absolute Gasteiger partial charge is 0.331 e. The van der Waals surface area contributed by atoms with E-state index in [1.54, 1.807) is 12.4 Å². The first kappa shape index (κ1) is 26.2. The molecule has 0 bridgehead atoms. The van der Waals surface area contributed by atoms with Crippen molar-refractivity contribution in [1.29, 1.82) is 0 Å². The summed E-state index contributed by atoms with van der Waals surface area (Å²) in [5.74, 6) is -1.80. The second-order valence-corrected chi connectivity index (χ2v) is 8.38. The van der Waals surface area contributed by atoms with E-state index in [-0.39, 0.29) is 25.0 Å². The molecule has 10 nitrogen and oxygen atoms in total. The Morgan fingerprint density at radius 1 is 0.658 bits per heavy atom. The molecule has 2 aromatic carbocycles. The van der Waals surface area contributed by atoms with Crippen molar-refractivity contribution in [2.75, 3.05) is 26.3 Å². The number of benzene rings is 2. The van der Waals surface area contributed by atoms with Gasteiger partial charge < -0.3 is 30.1 Å². The Bertz CT molecular complexity index is 1360. The summed E-state index contributed by atoms with van der Waals surface area (Å²) in [5.41, 5.74) is 2.86. The van der Waals surface area contributed by atoms with Gasteiger partial charge in [0.05, 0.1) is 24.3 Å². The molecule has 0 unspecified atom stereocenters. The average molecular weight is 517 g/mol. The number of aromatic amines is 2. The number of hydrogen-bond donors (Lipinski definition) is 4. The summed E-state index contributed by atoms with van der Waals surface area (Å²) in [6.07, 6.45) is 6.14. The number of rotatable bonds is 12. The highest BCUT2D eigenvalue weighted by atomic mass is 16.5. The van der Waals surface area contributed by atoms with Crippen LogP contribution >= 0.6 is 0 Å². The van der Waals surface area contributed by atoms with Crippen molar-refractivity contribution in [3.8, 4) is 0 Å². The maximum Gasteiger partial charge on any atom is 0.331 e. The lowest BCUT2D eigenvalue weighted by Crippen LogP contribution is -2.25. The number of aromatic nitrogens is 2. The second kappa shape index (κ2) is 12.9. The summed E-state index contributed by atoms with van der Waals surface area (Å²) >= 11 is 0. The van der Waals surface area contributed by atoms with Gasteiger partial charge in [0.1, 0.15) is 0 Å². The number of esters is 2. The number of amides is 2. The molecule has 4 N–H and O–H groups in total. The molecule has 0 spiro atoms. The summed E-state index contributed by atoms with van der Waals surface area (Å²) in [6.45, 7) is 0.827. The number of fused-ring (bicyclic) bond motifs is 2. The Labute approximate surface area is 218 Å². The van der Waals surface area contributed by atoms with Gasteiger partial charge in [0.2, 0.25) is 0 Å². The van der Waals surface area contributed by atoms with Gasteiger partial charge >= 0.3 is 11.9 Å². The van der Waals surface area contributed by atoms with Crippen LogP contribution in [-0.2, 0) is 19.1 Å². The number of nitrogens with one attached hydrogen (secondary N) is 4. The molecule has 38 heavy (non-hydrogen) atoms. The predicted octanol–water partition coefficient (Wildman–Crippen LogP) is 3.23. The highest BCUT2D eigenvalue weighted by Crippen LogP contribution is 2.18. The maximum atomic E-state index is 12.3. The molecule has 10 heteroatoms. The zero-order valence-electron chi connectivity index (χ0n) is 20.6. The summed E-state index contributed by atoms with van der Waals surface area (Å²) in [6, 6.07) is 15.0. The Hall–Kier alpha value is -4.86. The number of ether oxygens (including phenoxy) is 2. The van der Waals surface area contributed by atoms with Crippen LogP contribution in [0.4, 0.5) is 0 Å². The lowest BCUT2D eigenvalue weighted by atomic mass is 10.1. The molecule has 4 rings (SSSR count). The van der Waals surface area contributed by atoms with Crippen molar-refractivity contribution in [1.82, 2.24) is 20.6 Å². The lowest BCUT2D eigenvalue weighted by molar-refractivity contribution is -0.140. The van der Waals surface area contributed by atoms with Gasteiger partial charge in [-0.2, -0.15) is 0 Å². The number of H-pyrrole nitrogens is 2. The van der Waals surface area contributed by atoms with Gasteiger partial charge in [-0.3, -0.25) is 9.59 Å². The first-order valence-corrected chi connectivity index (χ1v) is 12.2. The first-order chi connectivity index (χ1) is 18.5. The molecule has 0 aliphatic carbocycles. The highest BCUT2D eigenvalue weighted by molar-refractivity contribution is 6.07. The van der Waals surface area contributed by atoms with Crippen molar-refractivity contribution >= 4 is 45.6 Å². The van der Waals surface area contributed by atoms with Crippen LogP contribution in [0.15, 0.2) is 73.1 Å². The first-order valence-electron chi connectivity index (χ1n) is 12.2. The summed E-state index contributed by atoms with van der Waals surface area (Å²) in [5, 5.41) is 7.25. The molecule has 196 valence electrons. The molecule has 0 aliphatic heterocycles. The number of hydrogen-bond acceptors (Lipinski definition) is 6. The highest BCUT2D eigenvalue weighted by Gasteiger charge is 2.12. The molecule has 0 aliphatic rings. The van der Waals surface area contributed by atoms with E-state index in [1.807, 2.05) is 48.5 Å². The van der Waals surface area contributed by atoms with Crippen LogP contribution in [0.2, 0.25) is 0 Å². The molecule has 0 saturated carbocycles. The summed E-state index contributed by atoms with van der Waals surface area (Å²) < 4.78 is 10.1. The normalized spacial score (nSPS) is 11.1. The molecular formula is C28H28N4O6. The molecule has 0 fully saturated rings. The van der Waals surface area contributed by atoms with Gasteiger partial charge in [0, 0.05) is 59.4 Å². The molecule has 2 aromatic heterocycles. The van der Waals surface area contributed by atoms with Gasteiger partial charge in [-0.15, -0.1) is 0 Å². The summed E-state index contributed by atoms with van der Waals surface area (Å²) in [7, 11) is 0. The van der Waals surface area contributed by atoms with Crippen LogP contribution in [-0.4, -0.2) is 60.0 Å². The zero-order valence-corrected chi connectivity index (χ0v) is 20.6. The molecule has 0 radical (unpaired) electrons. The molecule has 0 saturated heterocycles. The van der Waals surface area contributed by atoms with Crippen LogP contribution in [0.1, 0.15) is 33.6 Å². The molecular weight excluding hydrogens is 488 g/mol. The molecule has 2 amide bonds. The zero-order chi connectivity index (χ0) is 26.7. The van der Waals surface area contributed by atoms with Crippen LogP contribution in [0.5, 0.6) is 0 Å². The standard InChI is InChI=1S/C28H28N4O6/c33-25(37-15-5-13-29-27(35)21-17-31-23-9-3-1-7-19(21)23)11-12-26(34)38-16-6-14-30-28(36)22-18-32-24-10-4-2-8-20(22)24/h1-4,7-12,17-18,31-32H,5-6,13-16H2,(H,29,35)(H,30,36)/b12-11+. The van der Waals surface area contributed by atoms with E-state index in [2.05, 4.69) is 20.6 Å². The number of carbonyl (C=O) groups is 4. The SMILES string of the molecule is O=C(/C=C/C(=O)OCCCNC(=O)c1c[nH]c2ccccc12)OCCCNC(=O)c1c[nH]c2ccccc12. The van der Waals surface area contributed by atoms with Gasteiger partial charge in [0.25, 0.3) is 11.8 Å². The summed E-state index contributed by atoms with van der Waals surface area (Å²) in [4.78, 5) is 54.3. The lowest BCUT2D eigenvalue weighted by Gasteiger charge is -2.05. The number of carbonyl (C=O) groups excluding carboxylic acids is 4. The van der Waals surface area contributed by atoms with E-state index in [9.17, 15) is 19.2 Å². The molecule has 0 atom stereocenters. The van der Waals surface area contributed by atoms with Crippen LogP contribution in [0.3, 0.4) is 0 Å². The third kappa shape index (κ3) is 6.88. The van der Waals surface area contributed by atoms with E-state index >= 15 is 0 Å². The van der Waals surface area contributed by atoms with Crippen molar-refractivity contribution in [3.05, 3.63) is 84.2 Å². The van der Waals surface area contributed by atoms with Crippen molar-refractivity contribution in [2.45, 2.75) is 12.8 Å². The van der Waals surface area contributed by atoms with Crippen molar-refractivity contribution < 1.29 is 28.7 Å². The van der Waals surface area contributed by atoms with Crippen LogP contribution < -0.4 is 10.6 Å². The minimum absolute atomic E-state index is 0.0858. The minimum atomic E-state index is -0.684. The largest absolute Gasteiger partial charge is 0.462 e. The monoisotopic (exact) mass is 516 g/mol. The van der Waals surface area contributed by atoms with E-state index in [1.165, 1.54) is 0 Å². The average Bonchev–Trinajstić information content (AvgIpc) is 3.56. The van der Waals surface area contributed by atoms with Crippen molar-refractivity contribution in [3.63, 3.8) is 0 Å². The fourth-order valence-electron chi connectivity index (χ4n) is 3.84. The van der Waals surface area contributed by atoms with Gasteiger partial charge in [-0.05, 0) is 25.0 Å². The van der Waals surface area contributed by atoms with Crippen LogP contribution in [0.25, 0.3) is 21.8 Å². The topological polar surface area (TPSA) is 142 Å². The quantitative estimate of drug-likeness (QED) is 0.129. The Morgan fingerprint density at radius 2 is 1.08 bits per heavy atom. The Kier molecular flexibility index (Phi) is 8.90. The van der Waals surface area contributed by atoms with Gasteiger partial charge in [-0.1, -0.05) is 36.4 Å². The number of para-hydroxylation sites is 2. The second-order valence-electron chi connectivity index (χ2n) is 8.38. The van der Waals surface area contributed by atoms with Crippen LogP contribution in [0, 0.1) is 0 Å². The van der Waals surface area contributed by atoms with E-state index in [4.69, 9.17) is 9.47 Å². The third-order valence-corrected chi connectivity index (χ3v) is 5.73. The van der Waals surface area contributed by atoms with Gasteiger partial charge in [0.15, 0.2) is 0 Å². The van der Waals surface area contributed by atoms with E-state index < -0.39 is 11.9 Å². The minimum Gasteiger partial charge on any atom is -0.462 e. The fraction of sp³-hybridized carbons (Fsp3) is 0.214. The molecule has 2 heterocycles. The molecule has 4 aromatic rings. The van der Waals surface area contributed by atoms with E-state index in [0.717, 1.165) is 34.0 Å².